The molecule has 0 rings (SSSR count). The zero-order valence-electron chi connectivity index (χ0n) is 12.7. The monoisotopic (exact) mass is 492 g/mol. The molecule has 0 radical (unpaired) electrons. The highest BCUT2D eigenvalue weighted by molar-refractivity contribution is 5.78. The molecular formula is C10HF17O3. The van der Waals surface area contributed by atoms with E-state index >= 15 is 0 Å². The molecule has 0 aromatic heterocycles. The van der Waals surface area contributed by atoms with Crippen molar-refractivity contribution >= 4 is 12.0 Å². The number of hydrogen-bond acceptors (Lipinski definition) is 2. The quantitative estimate of drug-likeness (QED) is 0.377. The summed E-state index contributed by atoms with van der Waals surface area (Å²) in [5.74, 6) is -71.1. The summed E-state index contributed by atoms with van der Waals surface area (Å²) in [7, 11) is 0. The van der Waals surface area contributed by atoms with E-state index < -0.39 is 59.4 Å². The molecule has 1 N–H and O–H groups in total. The smallest absolute Gasteiger partial charge is 0.410 e. The first-order valence-corrected chi connectivity index (χ1v) is 6.09. The van der Waals surface area contributed by atoms with Crippen molar-refractivity contribution in [2.45, 2.75) is 47.4 Å². The van der Waals surface area contributed by atoms with Gasteiger partial charge in [-0.2, -0.15) is 74.6 Å². The predicted molar refractivity (Wildman–Crippen MR) is 53.3 cm³/mol. The van der Waals surface area contributed by atoms with E-state index in [9.17, 15) is 84.2 Å². The molecule has 0 fully saturated rings. The van der Waals surface area contributed by atoms with Crippen molar-refractivity contribution < 1.29 is 89.3 Å². The van der Waals surface area contributed by atoms with Crippen LogP contribution in [0.1, 0.15) is 0 Å². The summed E-state index contributed by atoms with van der Waals surface area (Å²) in [5.41, 5.74) is 0. The molecule has 30 heavy (non-hydrogen) atoms. The Labute approximate surface area is 150 Å². The Kier molecular flexibility index (Phi) is 6.27. The minimum atomic E-state index is -8.86. The van der Waals surface area contributed by atoms with Gasteiger partial charge in [0.15, 0.2) is 0 Å². The van der Waals surface area contributed by atoms with Crippen LogP contribution in [-0.4, -0.2) is 64.5 Å². The summed E-state index contributed by atoms with van der Waals surface area (Å²) < 4.78 is 218. The normalized spacial score (nSPS) is 15.9. The van der Waals surface area contributed by atoms with Crippen molar-refractivity contribution in [1.82, 2.24) is 0 Å². The van der Waals surface area contributed by atoms with Gasteiger partial charge in [-0.15, -0.1) is 0 Å². The molecule has 0 unspecified atom stereocenters. The summed E-state index contributed by atoms with van der Waals surface area (Å²) in [5, 5.41) is 7.62. The van der Waals surface area contributed by atoms with Crippen LogP contribution in [0.4, 0.5) is 74.6 Å². The second-order valence-electron chi connectivity index (χ2n) is 5.17. The molecule has 0 amide bonds. The highest BCUT2D eigenvalue weighted by Gasteiger charge is 2.96. The van der Waals surface area contributed by atoms with Crippen LogP contribution in [0.2, 0.25) is 0 Å². The van der Waals surface area contributed by atoms with Gasteiger partial charge in [0.05, 0.1) is 0 Å². The Hall–Kier alpha value is -2.05. The van der Waals surface area contributed by atoms with Gasteiger partial charge in [-0.05, 0) is 0 Å². The Morgan fingerprint density at radius 3 is 0.833 bits per heavy atom. The number of alkyl halides is 16. The zero-order valence-corrected chi connectivity index (χ0v) is 12.7. The molecule has 0 heterocycles. The molecule has 20 heteroatoms. The van der Waals surface area contributed by atoms with E-state index in [2.05, 4.69) is 0 Å². The molecule has 0 aromatic carbocycles. The van der Waals surface area contributed by atoms with Crippen LogP contribution in [0.5, 0.6) is 0 Å². The number of aliphatic carboxylic acids is 1. The van der Waals surface area contributed by atoms with E-state index in [4.69, 9.17) is 5.11 Å². The fourth-order valence-corrected chi connectivity index (χ4v) is 1.44. The Balaban J connectivity index is 6.90. The Morgan fingerprint density at radius 1 is 0.433 bits per heavy atom. The molecule has 0 aromatic rings. The van der Waals surface area contributed by atoms with Gasteiger partial charge in [-0.3, -0.25) is 4.79 Å². The van der Waals surface area contributed by atoms with Crippen LogP contribution in [0, 0.1) is 0 Å². The van der Waals surface area contributed by atoms with Gasteiger partial charge in [0.2, 0.25) is 0 Å². The van der Waals surface area contributed by atoms with Gasteiger partial charge in [0, 0.05) is 0 Å². The second kappa shape index (κ2) is 6.72. The van der Waals surface area contributed by atoms with E-state index in [0.717, 1.165) is 0 Å². The lowest BCUT2D eigenvalue weighted by Gasteiger charge is -2.42. The highest BCUT2D eigenvalue weighted by atomic mass is 19.4. The van der Waals surface area contributed by atoms with Gasteiger partial charge in [-0.1, -0.05) is 0 Å². The van der Waals surface area contributed by atoms with Crippen LogP contribution in [0.3, 0.4) is 0 Å². The summed E-state index contributed by atoms with van der Waals surface area (Å²) in [6.45, 7) is 0. The van der Waals surface area contributed by atoms with E-state index in [1.54, 1.807) is 0 Å². The fourth-order valence-electron chi connectivity index (χ4n) is 1.44. The number of carboxylic acids is 1. The topological polar surface area (TPSA) is 54.4 Å². The molecule has 0 saturated heterocycles. The molecule has 178 valence electrons. The van der Waals surface area contributed by atoms with E-state index in [1.807, 2.05) is 0 Å². The summed E-state index contributed by atoms with van der Waals surface area (Å²) in [6.07, 6.45) is 0. The maximum Gasteiger partial charge on any atom is 0.410 e. The first-order chi connectivity index (χ1) is 12.6. The summed E-state index contributed by atoms with van der Waals surface area (Å²) in [4.78, 5) is 19.4. The molecule has 0 atom stereocenters. The average Bonchev–Trinajstić information content (AvgIpc) is 2.52. The SMILES string of the molecule is O=C(O)C(F)(F)C(F)(F)C(F)(F)C(F)(F)C(F)(F)C(F)(F)C(F)(F)C(F)(F)C(=O)F. The number of rotatable bonds is 9. The van der Waals surface area contributed by atoms with Gasteiger partial charge >= 0.3 is 59.4 Å². The summed E-state index contributed by atoms with van der Waals surface area (Å²) in [6, 6.07) is -4.90. The molecule has 0 saturated carbocycles. The molecule has 0 bridgehead atoms. The van der Waals surface area contributed by atoms with Gasteiger partial charge in [0.1, 0.15) is 0 Å². The van der Waals surface area contributed by atoms with Crippen LogP contribution in [0.25, 0.3) is 0 Å². The molecule has 0 aliphatic carbocycles. The minimum Gasteiger partial charge on any atom is -0.477 e. The van der Waals surface area contributed by atoms with Gasteiger partial charge < -0.3 is 5.11 Å². The maximum atomic E-state index is 13.1. The lowest BCUT2D eigenvalue weighted by atomic mass is 9.87. The lowest BCUT2D eigenvalue weighted by Crippen LogP contribution is -2.75. The van der Waals surface area contributed by atoms with Crippen LogP contribution < -0.4 is 0 Å². The maximum absolute atomic E-state index is 13.1. The second-order valence-corrected chi connectivity index (χ2v) is 5.17. The molecule has 0 spiro atoms. The van der Waals surface area contributed by atoms with Crippen LogP contribution in [-0.2, 0) is 9.59 Å². The highest BCUT2D eigenvalue weighted by Crippen LogP contribution is 2.63. The number of carboxylic acid groups (broad SMARTS) is 1. The lowest BCUT2D eigenvalue weighted by molar-refractivity contribution is -0.448. The van der Waals surface area contributed by atoms with Crippen molar-refractivity contribution in [3.8, 4) is 0 Å². The van der Waals surface area contributed by atoms with Crippen molar-refractivity contribution in [2.24, 2.45) is 0 Å². The minimum absolute atomic E-state index is 4.42. The molecular weight excluding hydrogens is 491 g/mol. The third kappa shape index (κ3) is 3.04. The fraction of sp³-hybridized carbons (Fsp3) is 0.800. The van der Waals surface area contributed by atoms with Gasteiger partial charge in [0.25, 0.3) is 0 Å². The first-order valence-electron chi connectivity index (χ1n) is 6.09. The number of halogens is 17. The third-order valence-corrected chi connectivity index (χ3v) is 3.28. The zero-order chi connectivity index (χ0) is 25.2. The van der Waals surface area contributed by atoms with Gasteiger partial charge in [-0.25, -0.2) is 4.79 Å². The largest absolute Gasteiger partial charge is 0.477 e. The van der Waals surface area contributed by atoms with E-state index in [-0.39, 0.29) is 0 Å². The first kappa shape index (κ1) is 27.9. The van der Waals surface area contributed by atoms with Crippen molar-refractivity contribution in [3.63, 3.8) is 0 Å². The van der Waals surface area contributed by atoms with Crippen molar-refractivity contribution in [1.29, 1.82) is 0 Å². The number of carbonyl (C=O) groups excluding carboxylic acids is 1. The summed E-state index contributed by atoms with van der Waals surface area (Å²) >= 11 is 0. The number of hydrogen-bond donors (Lipinski definition) is 1. The predicted octanol–water partition coefficient (Wildman–Crippen LogP) is 4.65. The van der Waals surface area contributed by atoms with Crippen LogP contribution in [0.15, 0.2) is 0 Å². The average molecular weight is 492 g/mol. The Morgan fingerprint density at radius 2 is 0.633 bits per heavy atom. The third-order valence-electron chi connectivity index (χ3n) is 3.28. The molecule has 0 aliphatic heterocycles. The van der Waals surface area contributed by atoms with Crippen molar-refractivity contribution in [2.75, 3.05) is 0 Å². The van der Waals surface area contributed by atoms with Crippen molar-refractivity contribution in [3.05, 3.63) is 0 Å². The molecule has 0 aliphatic rings. The molecule has 3 nitrogen and oxygen atoms in total. The Bertz CT molecular complexity index is 649. The van der Waals surface area contributed by atoms with E-state index in [0.29, 0.717) is 0 Å². The number of carbonyl (C=O) groups is 2. The van der Waals surface area contributed by atoms with Crippen LogP contribution >= 0.6 is 0 Å². The van der Waals surface area contributed by atoms with E-state index in [1.165, 1.54) is 0 Å². The standard InChI is InChI=1S/C10HF17O3/c11-1(28)3(12,13)5(16,17)7(20,21)9(24,25)10(26,27)8(22,23)6(18,19)4(14,15)2(29)30/h(H,29,30).